The van der Waals surface area contributed by atoms with Crippen LogP contribution in [-0.2, 0) is 11.3 Å². The Kier molecular flexibility index (Phi) is 4.53. The minimum atomic E-state index is -0.186. The van der Waals surface area contributed by atoms with Crippen molar-refractivity contribution in [2.45, 2.75) is 6.54 Å². The molecule has 0 aliphatic carbocycles. The van der Waals surface area contributed by atoms with Crippen LogP contribution in [0.2, 0.25) is 0 Å². The third-order valence-corrected chi connectivity index (χ3v) is 2.59. The predicted octanol–water partition coefficient (Wildman–Crippen LogP) is 2.16. The van der Waals surface area contributed by atoms with Crippen LogP contribution in [0.1, 0.15) is 5.56 Å². The van der Waals surface area contributed by atoms with Crippen molar-refractivity contribution in [1.29, 1.82) is 0 Å². The van der Waals surface area contributed by atoms with Gasteiger partial charge in [-0.2, -0.15) is 0 Å². The molecule has 0 aromatic heterocycles. The first-order valence-electron chi connectivity index (χ1n) is 6.04. The van der Waals surface area contributed by atoms with Crippen LogP contribution < -0.4 is 15.8 Å². The highest BCUT2D eigenvalue weighted by atomic mass is 16.5. The van der Waals surface area contributed by atoms with Gasteiger partial charge in [0, 0.05) is 12.2 Å². The highest BCUT2D eigenvalue weighted by Gasteiger charge is 2.03. The van der Waals surface area contributed by atoms with E-state index >= 15 is 0 Å². The second kappa shape index (κ2) is 6.56. The minimum Gasteiger partial charge on any atom is -0.484 e. The summed E-state index contributed by atoms with van der Waals surface area (Å²) < 4.78 is 5.39. The molecule has 0 fully saturated rings. The summed E-state index contributed by atoms with van der Waals surface area (Å²) in [4.78, 5) is 11.7. The summed E-state index contributed by atoms with van der Waals surface area (Å²) in [5.41, 5.74) is 7.29. The molecule has 1 amide bonds. The van der Waals surface area contributed by atoms with E-state index in [1.165, 1.54) is 0 Å². The molecule has 3 N–H and O–H groups in total. The van der Waals surface area contributed by atoms with Gasteiger partial charge in [-0.05, 0) is 29.8 Å². The van der Waals surface area contributed by atoms with Gasteiger partial charge < -0.3 is 15.8 Å². The summed E-state index contributed by atoms with van der Waals surface area (Å²) in [7, 11) is 0. The summed E-state index contributed by atoms with van der Waals surface area (Å²) in [6.45, 7) is 0.478. The number of nitrogens with two attached hydrogens (primary N) is 1. The first-order valence-corrected chi connectivity index (χ1v) is 6.04. The van der Waals surface area contributed by atoms with E-state index in [0.717, 1.165) is 11.3 Å². The van der Waals surface area contributed by atoms with Gasteiger partial charge in [-0.1, -0.05) is 30.3 Å². The van der Waals surface area contributed by atoms with Crippen LogP contribution in [0.25, 0.3) is 0 Å². The number of para-hydroxylation sites is 1. The van der Waals surface area contributed by atoms with Gasteiger partial charge in [0.15, 0.2) is 6.61 Å². The van der Waals surface area contributed by atoms with E-state index in [2.05, 4.69) is 5.32 Å². The zero-order valence-corrected chi connectivity index (χ0v) is 10.5. The smallest absolute Gasteiger partial charge is 0.262 e. The van der Waals surface area contributed by atoms with E-state index in [4.69, 9.17) is 10.5 Å². The van der Waals surface area contributed by atoms with Crippen molar-refractivity contribution in [3.63, 3.8) is 0 Å². The van der Waals surface area contributed by atoms with E-state index < -0.39 is 0 Å². The van der Waals surface area contributed by atoms with Crippen molar-refractivity contribution in [2.24, 2.45) is 5.73 Å². The Hall–Kier alpha value is -2.33. The lowest BCUT2D eigenvalue weighted by molar-refractivity contribution is -0.118. The number of carbonyl (C=O) groups excluding carboxylic acids is 1. The molecule has 0 saturated heterocycles. The first-order chi connectivity index (χ1) is 9.28. The van der Waals surface area contributed by atoms with E-state index in [0.29, 0.717) is 12.3 Å². The van der Waals surface area contributed by atoms with Crippen molar-refractivity contribution in [2.75, 3.05) is 11.9 Å². The van der Waals surface area contributed by atoms with Gasteiger partial charge in [0.1, 0.15) is 5.75 Å². The lowest BCUT2D eigenvalue weighted by atomic mass is 10.2. The molecule has 2 aromatic rings. The normalized spacial score (nSPS) is 9.95. The van der Waals surface area contributed by atoms with Gasteiger partial charge >= 0.3 is 0 Å². The number of nitrogens with one attached hydrogen (secondary N) is 1. The monoisotopic (exact) mass is 256 g/mol. The van der Waals surface area contributed by atoms with Crippen LogP contribution in [0, 0.1) is 0 Å². The van der Waals surface area contributed by atoms with Crippen molar-refractivity contribution in [3.05, 3.63) is 60.2 Å². The van der Waals surface area contributed by atoms with Gasteiger partial charge in [-0.15, -0.1) is 0 Å². The molecule has 0 saturated carbocycles. The Morgan fingerprint density at radius 3 is 2.37 bits per heavy atom. The molecule has 2 aromatic carbocycles. The molecule has 19 heavy (non-hydrogen) atoms. The van der Waals surface area contributed by atoms with Crippen molar-refractivity contribution in [3.8, 4) is 5.75 Å². The Morgan fingerprint density at radius 1 is 1.05 bits per heavy atom. The summed E-state index contributed by atoms with van der Waals surface area (Å²) >= 11 is 0. The average Bonchev–Trinajstić information content (AvgIpc) is 2.47. The molecule has 98 valence electrons. The summed E-state index contributed by atoms with van der Waals surface area (Å²) in [5.74, 6) is 0.467. The maximum absolute atomic E-state index is 11.7. The van der Waals surface area contributed by atoms with Crippen LogP contribution >= 0.6 is 0 Å². The first kappa shape index (κ1) is 13.1. The zero-order valence-electron chi connectivity index (χ0n) is 10.5. The molecule has 0 atom stereocenters. The van der Waals surface area contributed by atoms with E-state index in [1.807, 2.05) is 42.5 Å². The van der Waals surface area contributed by atoms with Crippen LogP contribution in [0.3, 0.4) is 0 Å². The maximum Gasteiger partial charge on any atom is 0.262 e. The largest absolute Gasteiger partial charge is 0.484 e. The number of carbonyl (C=O) groups is 1. The van der Waals surface area contributed by atoms with E-state index in [9.17, 15) is 4.79 Å². The van der Waals surface area contributed by atoms with Crippen molar-refractivity contribution in [1.82, 2.24) is 0 Å². The number of benzene rings is 2. The average molecular weight is 256 g/mol. The molecule has 4 nitrogen and oxygen atoms in total. The topological polar surface area (TPSA) is 64.3 Å². The van der Waals surface area contributed by atoms with Crippen LogP contribution in [-0.4, -0.2) is 12.5 Å². The fraction of sp³-hybridized carbons (Fsp3) is 0.133. The minimum absolute atomic E-state index is 0.0170. The van der Waals surface area contributed by atoms with Crippen LogP contribution in [0.4, 0.5) is 5.69 Å². The van der Waals surface area contributed by atoms with Crippen LogP contribution in [0.15, 0.2) is 54.6 Å². The maximum atomic E-state index is 11.7. The zero-order chi connectivity index (χ0) is 13.5. The summed E-state index contributed by atoms with van der Waals surface area (Å²) in [6.07, 6.45) is 0. The van der Waals surface area contributed by atoms with Crippen molar-refractivity contribution >= 4 is 11.6 Å². The molecule has 0 radical (unpaired) electrons. The van der Waals surface area contributed by atoms with Gasteiger partial charge in [-0.25, -0.2) is 0 Å². The molecule has 0 heterocycles. The Labute approximate surface area is 112 Å². The predicted molar refractivity (Wildman–Crippen MR) is 74.9 cm³/mol. The fourth-order valence-electron chi connectivity index (χ4n) is 1.59. The standard InChI is InChI=1S/C15H16N2O2/c16-10-12-6-8-14(9-7-12)19-11-15(18)17-13-4-2-1-3-5-13/h1-9H,10-11,16H2,(H,17,18). The lowest BCUT2D eigenvalue weighted by Crippen LogP contribution is -2.20. The van der Waals surface area contributed by atoms with Gasteiger partial charge in [0.2, 0.25) is 0 Å². The highest BCUT2D eigenvalue weighted by molar-refractivity contribution is 5.91. The second-order valence-electron chi connectivity index (χ2n) is 4.05. The molecule has 0 aliphatic heterocycles. The van der Waals surface area contributed by atoms with Crippen LogP contribution in [0.5, 0.6) is 5.75 Å². The molecule has 0 aliphatic rings. The Balaban J connectivity index is 1.83. The van der Waals surface area contributed by atoms with Crippen molar-refractivity contribution < 1.29 is 9.53 Å². The number of rotatable bonds is 5. The number of hydrogen-bond acceptors (Lipinski definition) is 3. The number of amides is 1. The summed E-state index contributed by atoms with van der Waals surface area (Å²) in [5, 5.41) is 2.75. The highest BCUT2D eigenvalue weighted by Crippen LogP contribution is 2.12. The Morgan fingerprint density at radius 2 is 1.74 bits per heavy atom. The van der Waals surface area contributed by atoms with E-state index in [-0.39, 0.29) is 12.5 Å². The molecule has 2 rings (SSSR count). The van der Waals surface area contributed by atoms with Gasteiger partial charge in [0.25, 0.3) is 5.91 Å². The van der Waals surface area contributed by atoms with E-state index in [1.54, 1.807) is 12.1 Å². The molecule has 4 heteroatoms. The molecule has 0 spiro atoms. The molecular weight excluding hydrogens is 240 g/mol. The quantitative estimate of drug-likeness (QED) is 0.861. The summed E-state index contributed by atoms with van der Waals surface area (Å²) in [6, 6.07) is 16.6. The third-order valence-electron chi connectivity index (χ3n) is 2.59. The lowest BCUT2D eigenvalue weighted by Gasteiger charge is -2.07. The van der Waals surface area contributed by atoms with Gasteiger partial charge in [0.05, 0.1) is 0 Å². The molecule has 0 unspecified atom stereocenters. The number of hydrogen-bond donors (Lipinski definition) is 2. The number of anilines is 1. The SMILES string of the molecule is NCc1ccc(OCC(=O)Nc2ccccc2)cc1. The van der Waals surface area contributed by atoms with Gasteiger partial charge in [-0.3, -0.25) is 4.79 Å². The molecule has 0 bridgehead atoms. The Bertz CT molecular complexity index is 524. The third kappa shape index (κ3) is 4.12. The fourth-order valence-corrected chi connectivity index (χ4v) is 1.59. The molecular formula is C15H16N2O2. The second-order valence-corrected chi connectivity index (χ2v) is 4.05. The number of ether oxygens (including phenoxy) is 1.